The molecule has 0 spiro atoms. The Morgan fingerprint density at radius 2 is 1.87 bits per heavy atom. The van der Waals surface area contributed by atoms with E-state index >= 15 is 0 Å². The number of carbonyl (C=O) groups excluding carboxylic acids is 1. The molecule has 2 aliphatic rings. The van der Waals surface area contributed by atoms with E-state index in [2.05, 4.69) is 11.8 Å². The molecule has 1 N–H and O–H groups in total. The first-order chi connectivity index (χ1) is 10.7. The zero-order chi connectivity index (χ0) is 17.1. The molecule has 0 unspecified atom stereocenters. The van der Waals surface area contributed by atoms with Gasteiger partial charge in [-0.15, -0.1) is 0 Å². The van der Waals surface area contributed by atoms with Crippen LogP contribution in [-0.2, 0) is 4.74 Å². The summed E-state index contributed by atoms with van der Waals surface area (Å²) in [5.41, 5.74) is -0.970. The maximum absolute atomic E-state index is 12.1. The fourth-order valence-corrected chi connectivity index (χ4v) is 3.59. The van der Waals surface area contributed by atoms with Gasteiger partial charge in [0.1, 0.15) is 5.60 Å². The van der Waals surface area contributed by atoms with Crippen molar-refractivity contribution in [2.24, 2.45) is 0 Å². The zero-order valence-corrected chi connectivity index (χ0v) is 15.3. The largest absolute Gasteiger partial charge is 0.444 e. The first-order valence-corrected chi connectivity index (χ1v) is 9.17. The van der Waals surface area contributed by atoms with Crippen LogP contribution < -0.4 is 0 Å². The molecule has 2 rings (SSSR count). The standard InChI is InChI=1S/C18H34N2O3/c1-5-11-19(14-18(22)9-7-6-8-10-18)15-12-20(13-15)16(21)23-17(2,3)4/h15,22H,5-14H2,1-4H3. The summed E-state index contributed by atoms with van der Waals surface area (Å²) in [5.74, 6) is 0. The lowest BCUT2D eigenvalue weighted by Gasteiger charge is -2.48. The molecule has 1 saturated heterocycles. The predicted octanol–water partition coefficient (Wildman–Crippen LogP) is 3.01. The molecule has 0 aromatic rings. The van der Waals surface area contributed by atoms with Gasteiger partial charge in [0.05, 0.1) is 5.60 Å². The van der Waals surface area contributed by atoms with Crippen molar-refractivity contribution in [1.82, 2.24) is 9.80 Å². The Balaban J connectivity index is 1.85. The van der Waals surface area contributed by atoms with E-state index in [0.29, 0.717) is 19.1 Å². The van der Waals surface area contributed by atoms with Crippen LogP contribution in [0.15, 0.2) is 0 Å². The minimum Gasteiger partial charge on any atom is -0.444 e. The van der Waals surface area contributed by atoms with E-state index in [1.807, 2.05) is 20.8 Å². The maximum atomic E-state index is 12.1. The van der Waals surface area contributed by atoms with Crippen molar-refractivity contribution in [3.63, 3.8) is 0 Å². The maximum Gasteiger partial charge on any atom is 0.410 e. The topological polar surface area (TPSA) is 53.0 Å². The van der Waals surface area contributed by atoms with Gasteiger partial charge in [-0.1, -0.05) is 26.2 Å². The smallest absolute Gasteiger partial charge is 0.410 e. The molecule has 1 saturated carbocycles. The molecule has 2 fully saturated rings. The lowest BCUT2D eigenvalue weighted by molar-refractivity contribution is -0.0619. The zero-order valence-electron chi connectivity index (χ0n) is 15.3. The van der Waals surface area contributed by atoms with Gasteiger partial charge >= 0.3 is 6.09 Å². The Bertz CT molecular complexity index is 394. The van der Waals surface area contributed by atoms with Gasteiger partial charge in [-0.05, 0) is 46.6 Å². The van der Waals surface area contributed by atoms with Gasteiger partial charge in [0, 0.05) is 25.7 Å². The summed E-state index contributed by atoms with van der Waals surface area (Å²) in [6, 6.07) is 0.355. The Hall–Kier alpha value is -0.810. The molecular weight excluding hydrogens is 292 g/mol. The second-order valence-electron chi connectivity index (χ2n) is 8.29. The van der Waals surface area contributed by atoms with Crippen molar-refractivity contribution in [2.75, 3.05) is 26.2 Å². The molecule has 23 heavy (non-hydrogen) atoms. The predicted molar refractivity (Wildman–Crippen MR) is 91.5 cm³/mol. The normalized spacial score (nSPS) is 22.1. The molecule has 5 heteroatoms. The van der Waals surface area contributed by atoms with Crippen molar-refractivity contribution in [2.45, 2.75) is 83.5 Å². The molecule has 0 aromatic heterocycles. The first-order valence-electron chi connectivity index (χ1n) is 9.17. The van der Waals surface area contributed by atoms with Crippen LogP contribution in [0.2, 0.25) is 0 Å². The highest BCUT2D eigenvalue weighted by molar-refractivity contribution is 5.69. The highest BCUT2D eigenvalue weighted by Crippen LogP contribution is 2.30. The van der Waals surface area contributed by atoms with Crippen LogP contribution in [0.1, 0.15) is 66.2 Å². The number of amides is 1. The molecule has 134 valence electrons. The molecular formula is C18H34N2O3. The number of nitrogens with zero attached hydrogens (tertiary/aromatic N) is 2. The number of hydrogen-bond donors (Lipinski definition) is 1. The molecule has 0 bridgehead atoms. The SMILES string of the molecule is CCCN(CC1(O)CCCCC1)C1CN(C(=O)OC(C)(C)C)C1. The number of ether oxygens (including phenoxy) is 1. The van der Waals surface area contributed by atoms with Gasteiger partial charge in [-0.2, -0.15) is 0 Å². The van der Waals surface area contributed by atoms with Gasteiger partial charge in [0.25, 0.3) is 0 Å². The van der Waals surface area contributed by atoms with E-state index in [9.17, 15) is 9.90 Å². The molecule has 1 aliphatic heterocycles. The lowest BCUT2D eigenvalue weighted by atomic mass is 9.84. The molecule has 0 atom stereocenters. The Morgan fingerprint density at radius 3 is 2.39 bits per heavy atom. The van der Waals surface area contributed by atoms with E-state index in [-0.39, 0.29) is 6.09 Å². The van der Waals surface area contributed by atoms with Crippen molar-refractivity contribution < 1.29 is 14.6 Å². The van der Waals surface area contributed by atoms with Crippen molar-refractivity contribution in [3.05, 3.63) is 0 Å². The van der Waals surface area contributed by atoms with E-state index in [0.717, 1.165) is 45.2 Å². The summed E-state index contributed by atoms with van der Waals surface area (Å²) in [5, 5.41) is 10.8. The second kappa shape index (κ2) is 7.39. The van der Waals surface area contributed by atoms with Crippen LogP contribution in [0.25, 0.3) is 0 Å². The monoisotopic (exact) mass is 326 g/mol. The number of likely N-dealkylation sites (tertiary alicyclic amines) is 1. The number of carbonyl (C=O) groups is 1. The number of aliphatic hydroxyl groups is 1. The van der Waals surface area contributed by atoms with E-state index in [1.54, 1.807) is 4.90 Å². The van der Waals surface area contributed by atoms with Gasteiger partial charge in [-0.25, -0.2) is 4.79 Å². The Morgan fingerprint density at radius 1 is 1.26 bits per heavy atom. The van der Waals surface area contributed by atoms with Crippen molar-refractivity contribution in [1.29, 1.82) is 0 Å². The molecule has 0 aromatic carbocycles. The molecule has 1 heterocycles. The molecule has 5 nitrogen and oxygen atoms in total. The highest BCUT2D eigenvalue weighted by Gasteiger charge is 2.40. The van der Waals surface area contributed by atoms with Crippen LogP contribution >= 0.6 is 0 Å². The first kappa shape index (κ1) is 18.5. The van der Waals surface area contributed by atoms with Crippen LogP contribution in [0.4, 0.5) is 4.79 Å². The summed E-state index contributed by atoms with van der Waals surface area (Å²) in [6.45, 7) is 11.0. The summed E-state index contributed by atoms with van der Waals surface area (Å²) in [6.07, 6.45) is 6.17. The Labute approximate surface area is 141 Å². The van der Waals surface area contributed by atoms with Crippen LogP contribution in [0.5, 0.6) is 0 Å². The van der Waals surface area contributed by atoms with Crippen LogP contribution in [-0.4, -0.2) is 64.4 Å². The van der Waals surface area contributed by atoms with Crippen molar-refractivity contribution >= 4 is 6.09 Å². The van der Waals surface area contributed by atoms with Gasteiger partial charge in [0.15, 0.2) is 0 Å². The van der Waals surface area contributed by atoms with Crippen molar-refractivity contribution in [3.8, 4) is 0 Å². The fourth-order valence-electron chi connectivity index (χ4n) is 3.59. The summed E-state index contributed by atoms with van der Waals surface area (Å²) in [4.78, 5) is 16.2. The van der Waals surface area contributed by atoms with E-state index < -0.39 is 11.2 Å². The highest BCUT2D eigenvalue weighted by atomic mass is 16.6. The van der Waals surface area contributed by atoms with Gasteiger partial charge in [-0.3, -0.25) is 4.90 Å². The lowest BCUT2D eigenvalue weighted by Crippen LogP contribution is -2.63. The third-order valence-corrected chi connectivity index (χ3v) is 4.82. The molecule has 1 amide bonds. The molecule has 0 radical (unpaired) electrons. The second-order valence-corrected chi connectivity index (χ2v) is 8.29. The Kier molecular flexibility index (Phi) is 5.95. The van der Waals surface area contributed by atoms with Gasteiger partial charge in [0.2, 0.25) is 0 Å². The minimum atomic E-state index is -0.528. The van der Waals surface area contributed by atoms with Gasteiger partial charge < -0.3 is 14.7 Å². The summed E-state index contributed by atoms with van der Waals surface area (Å²) < 4.78 is 5.42. The fraction of sp³-hybridized carbons (Fsp3) is 0.944. The van der Waals surface area contributed by atoms with E-state index in [4.69, 9.17) is 4.74 Å². The average molecular weight is 326 g/mol. The number of rotatable bonds is 5. The average Bonchev–Trinajstić information content (AvgIpc) is 2.35. The summed E-state index contributed by atoms with van der Waals surface area (Å²) >= 11 is 0. The summed E-state index contributed by atoms with van der Waals surface area (Å²) in [7, 11) is 0. The van der Waals surface area contributed by atoms with E-state index in [1.165, 1.54) is 6.42 Å². The number of hydrogen-bond acceptors (Lipinski definition) is 4. The third kappa shape index (κ3) is 5.35. The third-order valence-electron chi connectivity index (χ3n) is 4.82. The quantitative estimate of drug-likeness (QED) is 0.844. The molecule has 1 aliphatic carbocycles. The minimum absolute atomic E-state index is 0.221. The van der Waals surface area contributed by atoms with Crippen LogP contribution in [0.3, 0.4) is 0 Å². The van der Waals surface area contributed by atoms with Crippen LogP contribution in [0, 0.1) is 0 Å².